The first kappa shape index (κ1) is 16.9. The van der Waals surface area contributed by atoms with E-state index in [1.54, 1.807) is 0 Å². The Labute approximate surface area is 124 Å². The van der Waals surface area contributed by atoms with Crippen LogP contribution in [0.5, 0.6) is 0 Å². The number of nitrogens with zero attached hydrogens (tertiary/aromatic N) is 3. The SMILES string of the molecule is COC(=O)CN(CC(=O)OC)c1nc(C)cc(C(C)C)n1. The first-order valence-corrected chi connectivity index (χ1v) is 6.61. The molecule has 0 aliphatic rings. The van der Waals surface area contributed by atoms with Crippen LogP contribution in [0.15, 0.2) is 6.07 Å². The van der Waals surface area contributed by atoms with Gasteiger partial charge in [-0.05, 0) is 18.9 Å². The Morgan fingerprint density at radius 3 is 2.10 bits per heavy atom. The van der Waals surface area contributed by atoms with Crippen LogP contribution in [-0.4, -0.2) is 49.2 Å². The first-order chi connectivity index (χ1) is 9.87. The summed E-state index contributed by atoms with van der Waals surface area (Å²) in [5, 5.41) is 0. The number of ether oxygens (including phenoxy) is 2. The fourth-order valence-corrected chi connectivity index (χ4v) is 1.65. The highest BCUT2D eigenvalue weighted by Crippen LogP contribution is 2.17. The van der Waals surface area contributed by atoms with Crippen molar-refractivity contribution in [3.63, 3.8) is 0 Å². The van der Waals surface area contributed by atoms with E-state index in [9.17, 15) is 9.59 Å². The van der Waals surface area contributed by atoms with E-state index in [2.05, 4.69) is 19.4 Å². The van der Waals surface area contributed by atoms with Crippen molar-refractivity contribution in [3.8, 4) is 0 Å². The largest absolute Gasteiger partial charge is 0.468 e. The quantitative estimate of drug-likeness (QED) is 0.726. The summed E-state index contributed by atoms with van der Waals surface area (Å²) in [4.78, 5) is 33.1. The molecule has 1 rings (SSSR count). The maximum absolute atomic E-state index is 11.5. The van der Waals surface area contributed by atoms with Gasteiger partial charge in [-0.1, -0.05) is 13.8 Å². The minimum absolute atomic E-state index is 0.118. The van der Waals surface area contributed by atoms with Gasteiger partial charge in [-0.2, -0.15) is 0 Å². The molecule has 0 spiro atoms. The van der Waals surface area contributed by atoms with Crippen molar-refractivity contribution in [2.45, 2.75) is 26.7 Å². The van der Waals surface area contributed by atoms with E-state index in [1.165, 1.54) is 19.1 Å². The van der Waals surface area contributed by atoms with Crippen molar-refractivity contribution in [3.05, 3.63) is 17.5 Å². The molecule has 0 atom stereocenters. The fraction of sp³-hybridized carbons (Fsp3) is 0.571. The molecule has 0 saturated heterocycles. The first-order valence-electron chi connectivity index (χ1n) is 6.61. The number of rotatable bonds is 6. The van der Waals surface area contributed by atoms with Crippen LogP contribution in [0, 0.1) is 6.92 Å². The third kappa shape index (κ3) is 5.02. The molecule has 0 aromatic carbocycles. The van der Waals surface area contributed by atoms with E-state index in [0.717, 1.165) is 11.4 Å². The molecule has 0 bridgehead atoms. The lowest BCUT2D eigenvalue weighted by atomic mass is 10.1. The van der Waals surface area contributed by atoms with Crippen LogP contribution < -0.4 is 4.90 Å². The maximum atomic E-state index is 11.5. The second-order valence-corrected chi connectivity index (χ2v) is 4.90. The molecule has 7 nitrogen and oxygen atoms in total. The Morgan fingerprint density at radius 2 is 1.67 bits per heavy atom. The molecule has 1 aromatic heterocycles. The molecule has 0 aliphatic carbocycles. The van der Waals surface area contributed by atoms with Gasteiger partial charge in [-0.25, -0.2) is 9.97 Å². The highest BCUT2D eigenvalue weighted by atomic mass is 16.5. The van der Waals surface area contributed by atoms with E-state index in [-0.39, 0.29) is 19.0 Å². The van der Waals surface area contributed by atoms with Gasteiger partial charge in [0.1, 0.15) is 13.1 Å². The van der Waals surface area contributed by atoms with Gasteiger partial charge in [-0.15, -0.1) is 0 Å². The van der Waals surface area contributed by atoms with Crippen molar-refractivity contribution < 1.29 is 19.1 Å². The Balaban J connectivity index is 3.11. The summed E-state index contributed by atoms with van der Waals surface area (Å²) in [6.07, 6.45) is 0. The molecular formula is C14H21N3O4. The number of hydrogen-bond donors (Lipinski definition) is 0. The zero-order chi connectivity index (χ0) is 16.0. The van der Waals surface area contributed by atoms with Crippen LogP contribution in [0.4, 0.5) is 5.95 Å². The van der Waals surface area contributed by atoms with E-state index < -0.39 is 11.9 Å². The summed E-state index contributed by atoms with van der Waals surface area (Å²) in [6, 6.07) is 1.88. The smallest absolute Gasteiger partial charge is 0.325 e. The van der Waals surface area contributed by atoms with Gasteiger partial charge in [0.15, 0.2) is 0 Å². The molecule has 1 heterocycles. The number of aromatic nitrogens is 2. The van der Waals surface area contributed by atoms with Gasteiger partial charge in [0.05, 0.1) is 14.2 Å². The molecule has 0 fully saturated rings. The Morgan fingerprint density at radius 1 is 1.14 bits per heavy atom. The van der Waals surface area contributed by atoms with E-state index in [0.29, 0.717) is 5.95 Å². The van der Waals surface area contributed by atoms with Crippen LogP contribution in [0.25, 0.3) is 0 Å². The third-order valence-electron chi connectivity index (χ3n) is 2.83. The number of anilines is 1. The fourth-order valence-electron chi connectivity index (χ4n) is 1.65. The number of carbonyl (C=O) groups excluding carboxylic acids is 2. The summed E-state index contributed by atoms with van der Waals surface area (Å²) >= 11 is 0. The summed E-state index contributed by atoms with van der Waals surface area (Å²) < 4.78 is 9.27. The Hall–Kier alpha value is -2.18. The zero-order valence-corrected chi connectivity index (χ0v) is 13.0. The molecule has 0 amide bonds. The number of hydrogen-bond acceptors (Lipinski definition) is 7. The lowest BCUT2D eigenvalue weighted by Crippen LogP contribution is -2.37. The molecule has 0 N–H and O–H groups in total. The van der Waals surface area contributed by atoms with Crippen molar-refractivity contribution in [1.82, 2.24) is 9.97 Å². The molecule has 116 valence electrons. The number of aryl methyl sites for hydroxylation is 1. The van der Waals surface area contributed by atoms with Crippen molar-refractivity contribution in [2.75, 3.05) is 32.2 Å². The second kappa shape index (κ2) is 7.56. The van der Waals surface area contributed by atoms with Crippen LogP contribution >= 0.6 is 0 Å². The standard InChI is InChI=1S/C14H21N3O4/c1-9(2)11-6-10(3)15-14(16-11)17(7-12(18)20-4)8-13(19)21-5/h6,9H,7-8H2,1-5H3. The van der Waals surface area contributed by atoms with Gasteiger partial charge >= 0.3 is 11.9 Å². The topological polar surface area (TPSA) is 81.6 Å². The predicted octanol–water partition coefficient (Wildman–Crippen LogP) is 1.06. The Kier molecular flexibility index (Phi) is 6.08. The van der Waals surface area contributed by atoms with Gasteiger partial charge in [0, 0.05) is 11.4 Å². The molecule has 1 aromatic rings. The number of methoxy groups -OCH3 is 2. The monoisotopic (exact) mass is 295 g/mol. The summed E-state index contributed by atoms with van der Waals surface area (Å²) in [6.45, 7) is 5.62. The highest BCUT2D eigenvalue weighted by molar-refractivity contribution is 5.80. The van der Waals surface area contributed by atoms with E-state index >= 15 is 0 Å². The lowest BCUT2D eigenvalue weighted by molar-refractivity contribution is -0.140. The second-order valence-electron chi connectivity index (χ2n) is 4.90. The lowest BCUT2D eigenvalue weighted by Gasteiger charge is -2.21. The van der Waals surface area contributed by atoms with Crippen molar-refractivity contribution >= 4 is 17.9 Å². The molecule has 0 radical (unpaired) electrons. The average Bonchev–Trinajstić information content (AvgIpc) is 2.45. The molecule has 0 aliphatic heterocycles. The van der Waals surface area contributed by atoms with Crippen LogP contribution in [0.3, 0.4) is 0 Å². The summed E-state index contributed by atoms with van der Waals surface area (Å²) in [7, 11) is 2.57. The van der Waals surface area contributed by atoms with Gasteiger partial charge in [-0.3, -0.25) is 9.59 Å². The van der Waals surface area contributed by atoms with Crippen molar-refractivity contribution in [2.24, 2.45) is 0 Å². The van der Waals surface area contributed by atoms with Gasteiger partial charge < -0.3 is 14.4 Å². The maximum Gasteiger partial charge on any atom is 0.325 e. The molecule has 0 unspecified atom stereocenters. The van der Waals surface area contributed by atoms with E-state index in [4.69, 9.17) is 0 Å². The molecule has 21 heavy (non-hydrogen) atoms. The zero-order valence-electron chi connectivity index (χ0n) is 13.0. The predicted molar refractivity (Wildman–Crippen MR) is 77.1 cm³/mol. The van der Waals surface area contributed by atoms with Crippen molar-refractivity contribution in [1.29, 1.82) is 0 Å². The van der Waals surface area contributed by atoms with E-state index in [1.807, 2.05) is 26.8 Å². The highest BCUT2D eigenvalue weighted by Gasteiger charge is 2.19. The summed E-state index contributed by atoms with van der Waals surface area (Å²) in [5.41, 5.74) is 1.61. The number of carbonyl (C=O) groups is 2. The minimum Gasteiger partial charge on any atom is -0.468 e. The molecule has 7 heteroatoms. The van der Waals surface area contributed by atoms with Crippen LogP contribution in [-0.2, 0) is 19.1 Å². The normalized spacial score (nSPS) is 10.4. The van der Waals surface area contributed by atoms with Crippen LogP contribution in [0.2, 0.25) is 0 Å². The minimum atomic E-state index is -0.477. The van der Waals surface area contributed by atoms with Crippen LogP contribution in [0.1, 0.15) is 31.2 Å². The average molecular weight is 295 g/mol. The van der Waals surface area contributed by atoms with Gasteiger partial charge in [0.2, 0.25) is 5.95 Å². The summed E-state index contributed by atoms with van der Waals surface area (Å²) in [5.74, 6) is -0.428. The molecular weight excluding hydrogens is 274 g/mol. The Bertz CT molecular complexity index is 499. The third-order valence-corrected chi connectivity index (χ3v) is 2.83. The number of esters is 2. The van der Waals surface area contributed by atoms with Gasteiger partial charge in [0.25, 0.3) is 0 Å². The molecule has 0 saturated carbocycles.